The zero-order chi connectivity index (χ0) is 13.7. The standard InChI is InChI=1S/C14H22FNOS/c1-9(2)16-8-12-13(15)6-5-7-14(12)18-11(4)10(3)17/h5-7,9-11,16-17H,8H2,1-4H3. The van der Waals surface area contributed by atoms with Gasteiger partial charge in [-0.1, -0.05) is 26.8 Å². The Morgan fingerprint density at radius 1 is 1.28 bits per heavy atom. The third kappa shape index (κ3) is 4.59. The smallest absolute Gasteiger partial charge is 0.128 e. The van der Waals surface area contributed by atoms with E-state index in [2.05, 4.69) is 5.32 Å². The van der Waals surface area contributed by atoms with Gasteiger partial charge in [0.05, 0.1) is 6.10 Å². The highest BCUT2D eigenvalue weighted by atomic mass is 32.2. The SMILES string of the molecule is CC(C)NCc1c(F)cccc1SC(C)C(C)O. The van der Waals surface area contributed by atoms with Gasteiger partial charge < -0.3 is 10.4 Å². The van der Waals surface area contributed by atoms with E-state index in [0.717, 1.165) is 4.90 Å². The number of thioether (sulfide) groups is 1. The normalized spacial score (nSPS) is 14.8. The van der Waals surface area contributed by atoms with Crippen LogP contribution in [0.4, 0.5) is 4.39 Å². The molecule has 4 heteroatoms. The highest BCUT2D eigenvalue weighted by Crippen LogP contribution is 2.30. The number of aliphatic hydroxyl groups excluding tert-OH is 1. The van der Waals surface area contributed by atoms with Crippen LogP contribution in [-0.2, 0) is 6.54 Å². The summed E-state index contributed by atoms with van der Waals surface area (Å²) in [5.74, 6) is -0.189. The lowest BCUT2D eigenvalue weighted by molar-refractivity contribution is 0.196. The van der Waals surface area contributed by atoms with Crippen molar-refractivity contribution in [2.45, 2.75) is 56.5 Å². The van der Waals surface area contributed by atoms with E-state index in [1.807, 2.05) is 26.8 Å². The molecule has 2 nitrogen and oxygen atoms in total. The fourth-order valence-corrected chi connectivity index (χ4v) is 2.49. The number of hydrogen-bond donors (Lipinski definition) is 2. The first-order chi connectivity index (χ1) is 8.41. The highest BCUT2D eigenvalue weighted by Gasteiger charge is 2.15. The second-order valence-electron chi connectivity index (χ2n) is 4.82. The van der Waals surface area contributed by atoms with Crippen LogP contribution in [0.15, 0.2) is 23.1 Å². The largest absolute Gasteiger partial charge is 0.392 e. The first kappa shape index (κ1) is 15.5. The molecule has 0 amide bonds. The maximum absolute atomic E-state index is 13.8. The molecule has 0 aliphatic carbocycles. The number of benzene rings is 1. The predicted octanol–water partition coefficient (Wildman–Crippen LogP) is 3.19. The van der Waals surface area contributed by atoms with Crippen LogP contribution >= 0.6 is 11.8 Å². The van der Waals surface area contributed by atoms with Crippen molar-refractivity contribution in [1.82, 2.24) is 5.32 Å². The fourth-order valence-electron chi connectivity index (χ4n) is 1.43. The average Bonchev–Trinajstić information content (AvgIpc) is 2.27. The van der Waals surface area contributed by atoms with Gasteiger partial charge in [0.1, 0.15) is 5.82 Å². The van der Waals surface area contributed by atoms with E-state index >= 15 is 0 Å². The summed E-state index contributed by atoms with van der Waals surface area (Å²) in [6, 6.07) is 5.42. The Labute approximate surface area is 113 Å². The zero-order valence-electron chi connectivity index (χ0n) is 11.4. The lowest BCUT2D eigenvalue weighted by atomic mass is 10.2. The van der Waals surface area contributed by atoms with Crippen molar-refractivity contribution in [3.05, 3.63) is 29.6 Å². The van der Waals surface area contributed by atoms with Gasteiger partial charge in [-0.3, -0.25) is 0 Å². The van der Waals surface area contributed by atoms with Crippen molar-refractivity contribution < 1.29 is 9.50 Å². The van der Waals surface area contributed by atoms with E-state index in [-0.39, 0.29) is 11.1 Å². The Hall–Kier alpha value is -0.580. The third-order valence-electron chi connectivity index (χ3n) is 2.76. The van der Waals surface area contributed by atoms with Crippen LogP contribution in [0.1, 0.15) is 33.3 Å². The van der Waals surface area contributed by atoms with Gasteiger partial charge in [-0.15, -0.1) is 11.8 Å². The second kappa shape index (κ2) is 7.12. The Morgan fingerprint density at radius 3 is 2.50 bits per heavy atom. The van der Waals surface area contributed by atoms with Crippen molar-refractivity contribution in [3.8, 4) is 0 Å². The van der Waals surface area contributed by atoms with Crippen LogP contribution in [0.25, 0.3) is 0 Å². The predicted molar refractivity (Wildman–Crippen MR) is 75.4 cm³/mol. The van der Waals surface area contributed by atoms with E-state index in [1.54, 1.807) is 13.0 Å². The van der Waals surface area contributed by atoms with E-state index in [0.29, 0.717) is 18.2 Å². The molecule has 0 heterocycles. The molecule has 1 aromatic carbocycles. The van der Waals surface area contributed by atoms with E-state index < -0.39 is 6.10 Å². The highest BCUT2D eigenvalue weighted by molar-refractivity contribution is 8.00. The van der Waals surface area contributed by atoms with Crippen LogP contribution in [0.2, 0.25) is 0 Å². The Balaban J connectivity index is 2.86. The molecule has 0 spiro atoms. The van der Waals surface area contributed by atoms with Gasteiger partial charge in [0.15, 0.2) is 0 Å². The molecule has 1 rings (SSSR count). The zero-order valence-corrected chi connectivity index (χ0v) is 12.2. The van der Waals surface area contributed by atoms with Crippen molar-refractivity contribution in [2.75, 3.05) is 0 Å². The molecule has 2 N–H and O–H groups in total. The fraction of sp³-hybridized carbons (Fsp3) is 0.571. The average molecular weight is 271 g/mol. The number of rotatable bonds is 6. The van der Waals surface area contributed by atoms with Crippen LogP contribution in [0.3, 0.4) is 0 Å². The Bertz CT molecular complexity index is 382. The first-order valence-electron chi connectivity index (χ1n) is 6.27. The molecule has 0 saturated heterocycles. The Morgan fingerprint density at radius 2 is 1.94 bits per heavy atom. The molecule has 2 unspecified atom stereocenters. The quantitative estimate of drug-likeness (QED) is 0.779. The van der Waals surface area contributed by atoms with Gasteiger partial charge in [0.25, 0.3) is 0 Å². The van der Waals surface area contributed by atoms with Gasteiger partial charge in [0, 0.05) is 28.3 Å². The summed E-state index contributed by atoms with van der Waals surface area (Å²) in [5.41, 5.74) is 0.684. The van der Waals surface area contributed by atoms with Gasteiger partial charge in [-0.25, -0.2) is 4.39 Å². The lowest BCUT2D eigenvalue weighted by Crippen LogP contribution is -2.23. The van der Waals surface area contributed by atoms with Gasteiger partial charge in [-0.05, 0) is 19.1 Å². The summed E-state index contributed by atoms with van der Waals surface area (Å²) in [6.07, 6.45) is -0.413. The summed E-state index contributed by atoms with van der Waals surface area (Å²) in [5, 5.41) is 12.8. The van der Waals surface area contributed by atoms with Crippen molar-refractivity contribution in [3.63, 3.8) is 0 Å². The van der Waals surface area contributed by atoms with Crippen LogP contribution in [-0.4, -0.2) is 22.5 Å². The molecular formula is C14H22FNOS. The topological polar surface area (TPSA) is 32.3 Å². The molecule has 0 aliphatic rings. The van der Waals surface area contributed by atoms with Crippen LogP contribution < -0.4 is 5.32 Å². The molecule has 0 radical (unpaired) electrons. The maximum Gasteiger partial charge on any atom is 0.128 e. The second-order valence-corrected chi connectivity index (χ2v) is 6.23. The van der Waals surface area contributed by atoms with Crippen LogP contribution in [0.5, 0.6) is 0 Å². The third-order valence-corrected chi connectivity index (χ3v) is 4.16. The minimum Gasteiger partial charge on any atom is -0.392 e. The maximum atomic E-state index is 13.8. The molecule has 102 valence electrons. The molecule has 0 bridgehead atoms. The first-order valence-corrected chi connectivity index (χ1v) is 7.15. The van der Waals surface area contributed by atoms with Gasteiger partial charge in [-0.2, -0.15) is 0 Å². The summed E-state index contributed by atoms with van der Waals surface area (Å²) in [7, 11) is 0. The molecule has 0 aliphatic heterocycles. The number of aliphatic hydroxyl groups is 1. The summed E-state index contributed by atoms with van der Waals surface area (Å²) < 4.78 is 13.8. The van der Waals surface area contributed by atoms with E-state index in [1.165, 1.54) is 17.8 Å². The minimum absolute atomic E-state index is 0.0459. The van der Waals surface area contributed by atoms with Gasteiger partial charge >= 0.3 is 0 Å². The van der Waals surface area contributed by atoms with Crippen molar-refractivity contribution in [2.24, 2.45) is 0 Å². The molecule has 18 heavy (non-hydrogen) atoms. The summed E-state index contributed by atoms with van der Waals surface area (Å²) in [4.78, 5) is 0.900. The molecular weight excluding hydrogens is 249 g/mol. The van der Waals surface area contributed by atoms with Crippen molar-refractivity contribution >= 4 is 11.8 Å². The van der Waals surface area contributed by atoms with Crippen LogP contribution in [0, 0.1) is 5.82 Å². The summed E-state index contributed by atoms with van der Waals surface area (Å²) >= 11 is 1.51. The van der Waals surface area contributed by atoms with E-state index in [9.17, 15) is 9.50 Å². The monoisotopic (exact) mass is 271 g/mol. The minimum atomic E-state index is -0.413. The molecule has 1 aromatic rings. The Kier molecular flexibility index (Phi) is 6.12. The molecule has 2 atom stereocenters. The lowest BCUT2D eigenvalue weighted by Gasteiger charge is -2.18. The molecule has 0 saturated carbocycles. The molecule has 0 aromatic heterocycles. The van der Waals surface area contributed by atoms with Gasteiger partial charge in [0.2, 0.25) is 0 Å². The van der Waals surface area contributed by atoms with E-state index in [4.69, 9.17) is 0 Å². The summed E-state index contributed by atoms with van der Waals surface area (Å²) in [6.45, 7) is 8.28. The number of nitrogens with one attached hydrogen (secondary N) is 1. The number of hydrogen-bond acceptors (Lipinski definition) is 3. The van der Waals surface area contributed by atoms with Crippen molar-refractivity contribution in [1.29, 1.82) is 0 Å². The number of halogens is 1. The molecule has 0 fully saturated rings.